The topological polar surface area (TPSA) is 72.5 Å². The number of imidazole rings is 1. The van der Waals surface area contributed by atoms with Gasteiger partial charge in [0.1, 0.15) is 11.6 Å². The maximum Gasteiger partial charge on any atom is 0.230 e. The molecule has 1 amide bonds. The molecule has 0 aromatic carbocycles. The third kappa shape index (κ3) is 3.16. The molecule has 1 N–H and O–H groups in total. The van der Waals surface area contributed by atoms with Gasteiger partial charge in [-0.15, -0.1) is 0 Å². The van der Waals surface area contributed by atoms with Crippen LogP contribution in [-0.4, -0.2) is 53.2 Å². The second-order valence-corrected chi connectivity index (χ2v) is 8.90. The fourth-order valence-corrected chi connectivity index (χ4v) is 4.85. The molecule has 5 rings (SSSR count). The largest absolute Gasteiger partial charge is 0.468 e. The van der Waals surface area contributed by atoms with Gasteiger partial charge in [0.15, 0.2) is 0 Å². The van der Waals surface area contributed by atoms with Gasteiger partial charge >= 0.3 is 0 Å². The number of ether oxygens (including phenoxy) is 1. The van der Waals surface area contributed by atoms with Gasteiger partial charge in [0.2, 0.25) is 5.91 Å². The van der Waals surface area contributed by atoms with E-state index in [0.717, 1.165) is 57.2 Å². The molecule has 2 aromatic rings. The molecule has 1 aliphatic carbocycles. The van der Waals surface area contributed by atoms with Crippen LogP contribution in [0.25, 0.3) is 0 Å². The summed E-state index contributed by atoms with van der Waals surface area (Å²) in [4.78, 5) is 19.9. The molecule has 7 nitrogen and oxygen atoms in total. The fourth-order valence-electron chi connectivity index (χ4n) is 4.85. The summed E-state index contributed by atoms with van der Waals surface area (Å²) in [7, 11) is 0. The molecule has 3 aliphatic rings. The average Bonchev–Trinajstić information content (AvgIpc) is 3.11. The van der Waals surface area contributed by atoms with Gasteiger partial charge in [-0.3, -0.25) is 9.69 Å². The number of fused-ring (bicyclic) bond motifs is 1. The molecule has 0 radical (unpaired) electrons. The predicted molar refractivity (Wildman–Crippen MR) is 102 cm³/mol. The number of rotatable bonds is 7. The smallest absolute Gasteiger partial charge is 0.230 e. The minimum Gasteiger partial charge on any atom is -0.468 e. The molecule has 4 heterocycles. The van der Waals surface area contributed by atoms with Crippen LogP contribution in [0.4, 0.5) is 0 Å². The van der Waals surface area contributed by atoms with Crippen molar-refractivity contribution in [3.05, 3.63) is 42.4 Å². The molecule has 1 saturated carbocycles. The Hall–Kier alpha value is -2.12. The molecular formula is C21H28N4O3. The first-order chi connectivity index (χ1) is 13.6. The normalized spacial score (nSPS) is 28.4. The number of aromatic nitrogens is 2. The number of amides is 1. The monoisotopic (exact) mass is 384 g/mol. The van der Waals surface area contributed by atoms with E-state index in [1.54, 1.807) is 6.26 Å². The van der Waals surface area contributed by atoms with Crippen LogP contribution in [-0.2, 0) is 22.6 Å². The number of likely N-dealkylation sites (tertiary alicyclic amines) is 1. The molecule has 2 saturated heterocycles. The minimum absolute atomic E-state index is 0.158. The van der Waals surface area contributed by atoms with Gasteiger partial charge in [-0.05, 0) is 31.9 Å². The van der Waals surface area contributed by atoms with E-state index in [9.17, 15) is 4.79 Å². The van der Waals surface area contributed by atoms with E-state index in [-0.39, 0.29) is 17.2 Å². The average molecular weight is 384 g/mol. The van der Waals surface area contributed by atoms with Crippen LogP contribution in [0.3, 0.4) is 0 Å². The van der Waals surface area contributed by atoms with Gasteiger partial charge in [-0.25, -0.2) is 4.98 Å². The molecule has 2 atom stereocenters. The van der Waals surface area contributed by atoms with Crippen molar-refractivity contribution in [2.45, 2.75) is 32.9 Å². The number of nitrogens with one attached hydrogen (secondary N) is 1. The second kappa shape index (κ2) is 6.74. The highest BCUT2D eigenvalue weighted by atomic mass is 16.5. The van der Waals surface area contributed by atoms with Crippen molar-refractivity contribution in [1.82, 2.24) is 19.8 Å². The molecule has 2 aliphatic heterocycles. The fraction of sp³-hybridized carbons (Fsp3) is 0.619. The minimum atomic E-state index is -0.423. The first-order valence-corrected chi connectivity index (χ1v) is 10.2. The summed E-state index contributed by atoms with van der Waals surface area (Å²) in [5.74, 6) is 2.40. The van der Waals surface area contributed by atoms with Crippen LogP contribution in [0.5, 0.6) is 0 Å². The van der Waals surface area contributed by atoms with Crippen LogP contribution in [0, 0.1) is 23.7 Å². The third-order valence-corrected chi connectivity index (χ3v) is 6.87. The van der Waals surface area contributed by atoms with Gasteiger partial charge in [0, 0.05) is 49.9 Å². The maximum absolute atomic E-state index is 13.3. The summed E-state index contributed by atoms with van der Waals surface area (Å²) in [5, 5.41) is 3.30. The SMILES string of the molecule is Cc1nccn1CC1(CNC(=O)[C@]23COCC2CN(Cc2ccco2)C3)CC1. The summed E-state index contributed by atoms with van der Waals surface area (Å²) in [6.45, 7) is 7.24. The Morgan fingerprint density at radius 3 is 3.04 bits per heavy atom. The molecule has 7 heteroatoms. The Morgan fingerprint density at radius 1 is 1.43 bits per heavy atom. The molecular weight excluding hydrogens is 356 g/mol. The molecule has 2 aromatic heterocycles. The molecule has 3 fully saturated rings. The van der Waals surface area contributed by atoms with Gasteiger partial charge in [-0.1, -0.05) is 0 Å². The maximum atomic E-state index is 13.3. The Labute approximate surface area is 165 Å². The van der Waals surface area contributed by atoms with E-state index in [4.69, 9.17) is 9.15 Å². The Bertz CT molecular complexity index is 842. The van der Waals surface area contributed by atoms with E-state index in [1.807, 2.05) is 31.5 Å². The zero-order valence-electron chi connectivity index (χ0n) is 16.4. The Morgan fingerprint density at radius 2 is 2.32 bits per heavy atom. The number of carbonyl (C=O) groups excluding carboxylic acids is 1. The molecule has 150 valence electrons. The van der Waals surface area contributed by atoms with Gasteiger partial charge in [-0.2, -0.15) is 0 Å². The second-order valence-electron chi connectivity index (χ2n) is 8.90. The summed E-state index contributed by atoms with van der Waals surface area (Å²) >= 11 is 0. The van der Waals surface area contributed by atoms with Crippen molar-refractivity contribution in [2.24, 2.45) is 16.7 Å². The van der Waals surface area contributed by atoms with Crippen LogP contribution >= 0.6 is 0 Å². The first-order valence-electron chi connectivity index (χ1n) is 10.2. The van der Waals surface area contributed by atoms with Crippen LogP contribution < -0.4 is 5.32 Å². The number of furan rings is 1. The van der Waals surface area contributed by atoms with Crippen molar-refractivity contribution in [3.63, 3.8) is 0 Å². The standard InChI is InChI=1S/C21H28N4O3/c1-16-22-6-7-25(16)13-20(4-5-20)12-23-19(26)21-14-24(9-17(21)11-27-15-21)10-18-3-2-8-28-18/h2-3,6-8,17H,4-5,9-15H2,1H3,(H,23,26)/t17?,21-/m1/s1. The quantitative estimate of drug-likeness (QED) is 0.789. The summed E-state index contributed by atoms with van der Waals surface area (Å²) in [6, 6.07) is 3.90. The van der Waals surface area contributed by atoms with Crippen molar-refractivity contribution in [1.29, 1.82) is 0 Å². The summed E-state index contributed by atoms with van der Waals surface area (Å²) in [5.41, 5.74) is -0.243. The molecule has 1 unspecified atom stereocenters. The summed E-state index contributed by atoms with van der Waals surface area (Å²) < 4.78 is 13.4. The van der Waals surface area contributed by atoms with Crippen molar-refractivity contribution >= 4 is 5.91 Å². The number of nitrogens with zero attached hydrogens (tertiary/aromatic N) is 3. The van der Waals surface area contributed by atoms with Gasteiger partial charge in [0.25, 0.3) is 0 Å². The van der Waals surface area contributed by atoms with E-state index >= 15 is 0 Å². The van der Waals surface area contributed by atoms with Gasteiger partial charge in [0.05, 0.1) is 31.4 Å². The highest BCUT2D eigenvalue weighted by molar-refractivity contribution is 5.84. The van der Waals surface area contributed by atoms with Crippen LogP contribution in [0.1, 0.15) is 24.4 Å². The Kier molecular flexibility index (Phi) is 4.32. The molecule has 0 bridgehead atoms. The van der Waals surface area contributed by atoms with Crippen LogP contribution in [0.15, 0.2) is 35.2 Å². The lowest BCUT2D eigenvalue weighted by molar-refractivity contribution is -0.132. The highest BCUT2D eigenvalue weighted by Crippen LogP contribution is 2.47. The van der Waals surface area contributed by atoms with E-state index in [2.05, 4.69) is 19.8 Å². The van der Waals surface area contributed by atoms with Crippen molar-refractivity contribution < 1.29 is 13.9 Å². The zero-order valence-corrected chi connectivity index (χ0v) is 16.4. The molecule has 0 spiro atoms. The van der Waals surface area contributed by atoms with Crippen molar-refractivity contribution in [2.75, 3.05) is 32.8 Å². The lowest BCUT2D eigenvalue weighted by Gasteiger charge is -2.27. The van der Waals surface area contributed by atoms with E-state index in [0.29, 0.717) is 13.2 Å². The van der Waals surface area contributed by atoms with Crippen LogP contribution in [0.2, 0.25) is 0 Å². The molecule has 28 heavy (non-hydrogen) atoms. The van der Waals surface area contributed by atoms with E-state index < -0.39 is 5.41 Å². The van der Waals surface area contributed by atoms with Crippen molar-refractivity contribution in [3.8, 4) is 0 Å². The lowest BCUT2D eigenvalue weighted by atomic mass is 9.80. The predicted octanol–water partition coefficient (Wildman–Crippen LogP) is 1.83. The lowest BCUT2D eigenvalue weighted by Crippen LogP contribution is -2.48. The zero-order chi connectivity index (χ0) is 19.2. The number of hydrogen-bond acceptors (Lipinski definition) is 5. The Balaban J connectivity index is 1.22. The number of hydrogen-bond donors (Lipinski definition) is 1. The third-order valence-electron chi connectivity index (χ3n) is 6.87. The van der Waals surface area contributed by atoms with E-state index in [1.165, 1.54) is 0 Å². The highest BCUT2D eigenvalue weighted by Gasteiger charge is 2.56. The number of aryl methyl sites for hydroxylation is 1. The van der Waals surface area contributed by atoms with Gasteiger partial charge < -0.3 is 19.0 Å². The first kappa shape index (κ1) is 17.9. The number of carbonyl (C=O) groups is 1. The summed E-state index contributed by atoms with van der Waals surface area (Å²) in [6.07, 6.45) is 7.88.